The lowest BCUT2D eigenvalue weighted by Gasteiger charge is -2.35. The van der Waals surface area contributed by atoms with E-state index in [9.17, 15) is 4.79 Å². The summed E-state index contributed by atoms with van der Waals surface area (Å²) in [5.41, 5.74) is 7.93. The summed E-state index contributed by atoms with van der Waals surface area (Å²) in [5, 5.41) is 3.83. The Kier molecular flexibility index (Phi) is 9.23. The van der Waals surface area contributed by atoms with Crippen LogP contribution in [0.4, 0.5) is 5.69 Å². The van der Waals surface area contributed by atoms with E-state index in [4.69, 9.17) is 17.3 Å². The van der Waals surface area contributed by atoms with Crippen molar-refractivity contribution >= 4 is 48.0 Å². The second kappa shape index (κ2) is 10.6. The fourth-order valence-electron chi connectivity index (χ4n) is 3.12. The number of nitrogens with zero attached hydrogens (tertiary/aromatic N) is 1. The van der Waals surface area contributed by atoms with Gasteiger partial charge in [-0.15, -0.1) is 24.8 Å². The molecular weight excluding hydrogens is 393 g/mol. The minimum Gasteiger partial charge on any atom is -0.368 e. The Morgan fingerprint density at radius 3 is 2.46 bits per heavy atom. The fourth-order valence-corrected chi connectivity index (χ4v) is 3.38. The number of carbonyl (C=O) groups excluding carboxylic acids is 1. The van der Waals surface area contributed by atoms with E-state index in [-0.39, 0.29) is 36.8 Å². The van der Waals surface area contributed by atoms with Crippen LogP contribution in [0.15, 0.2) is 54.6 Å². The standard InChI is InChI=1S/C19H22ClN3O.2ClH/c20-16-10-4-5-11-17(16)23-12-6-9-15(13-23)22-19(24)18(21)14-7-2-1-3-8-14;;/h1-5,7-8,10-11,15,18H,6,9,12-13,21H2,(H,22,24);2*1H. The van der Waals surface area contributed by atoms with Crippen LogP contribution in [0.5, 0.6) is 0 Å². The summed E-state index contributed by atoms with van der Waals surface area (Å²) in [6.45, 7) is 1.69. The zero-order valence-corrected chi connectivity index (χ0v) is 16.7. The van der Waals surface area contributed by atoms with E-state index in [1.165, 1.54) is 0 Å². The number of nitrogens with two attached hydrogens (primary N) is 1. The molecule has 2 atom stereocenters. The summed E-state index contributed by atoms with van der Waals surface area (Å²) in [6.07, 6.45) is 1.96. The third-order valence-electron chi connectivity index (χ3n) is 4.40. The minimum atomic E-state index is -0.637. The Balaban J connectivity index is 0.00000169. The second-order valence-corrected chi connectivity index (χ2v) is 6.54. The van der Waals surface area contributed by atoms with Crippen molar-refractivity contribution < 1.29 is 4.79 Å². The van der Waals surface area contributed by atoms with E-state index in [1.807, 2.05) is 54.6 Å². The lowest BCUT2D eigenvalue weighted by Crippen LogP contribution is -2.50. The first-order valence-corrected chi connectivity index (χ1v) is 8.63. The highest BCUT2D eigenvalue weighted by molar-refractivity contribution is 6.33. The van der Waals surface area contributed by atoms with Crippen LogP contribution in [0.2, 0.25) is 5.02 Å². The summed E-state index contributed by atoms with van der Waals surface area (Å²) in [7, 11) is 0. The normalized spacial score (nSPS) is 17.5. The van der Waals surface area contributed by atoms with Crippen LogP contribution >= 0.6 is 36.4 Å². The van der Waals surface area contributed by atoms with Gasteiger partial charge >= 0.3 is 0 Å². The number of hydrogen-bond donors (Lipinski definition) is 2. The summed E-state index contributed by atoms with van der Waals surface area (Å²) >= 11 is 6.29. The summed E-state index contributed by atoms with van der Waals surface area (Å²) in [6, 6.07) is 16.7. The molecule has 0 bridgehead atoms. The molecule has 7 heteroatoms. The average Bonchev–Trinajstić information content (AvgIpc) is 2.62. The van der Waals surface area contributed by atoms with Crippen molar-refractivity contribution in [1.82, 2.24) is 5.32 Å². The van der Waals surface area contributed by atoms with Gasteiger partial charge in [0, 0.05) is 19.1 Å². The molecule has 2 unspecified atom stereocenters. The SMILES string of the molecule is Cl.Cl.NC(C(=O)NC1CCCN(c2ccccc2Cl)C1)c1ccccc1. The van der Waals surface area contributed by atoms with Gasteiger partial charge in [0.25, 0.3) is 0 Å². The molecule has 1 fully saturated rings. The Morgan fingerprint density at radius 2 is 1.77 bits per heavy atom. The number of nitrogens with one attached hydrogen (secondary N) is 1. The molecule has 2 aromatic rings. The van der Waals surface area contributed by atoms with Crippen molar-refractivity contribution in [3.05, 3.63) is 65.2 Å². The predicted octanol–water partition coefficient (Wildman–Crippen LogP) is 3.97. The summed E-state index contributed by atoms with van der Waals surface area (Å²) in [5.74, 6) is -0.132. The number of carbonyl (C=O) groups is 1. The van der Waals surface area contributed by atoms with Crippen molar-refractivity contribution in [2.75, 3.05) is 18.0 Å². The van der Waals surface area contributed by atoms with E-state index in [0.29, 0.717) is 0 Å². The fraction of sp³-hybridized carbons (Fsp3) is 0.316. The van der Waals surface area contributed by atoms with Crippen molar-refractivity contribution in [1.29, 1.82) is 0 Å². The maximum atomic E-state index is 12.4. The summed E-state index contributed by atoms with van der Waals surface area (Å²) < 4.78 is 0. The molecule has 0 aromatic heterocycles. The molecule has 1 heterocycles. The van der Waals surface area contributed by atoms with Crippen LogP contribution in [0, 0.1) is 0 Å². The molecule has 3 rings (SSSR count). The summed E-state index contributed by atoms with van der Waals surface area (Å²) in [4.78, 5) is 14.7. The highest BCUT2D eigenvalue weighted by Gasteiger charge is 2.25. The molecular formula is C19H24Cl3N3O. The maximum absolute atomic E-state index is 12.4. The average molecular weight is 417 g/mol. The number of amides is 1. The zero-order valence-electron chi connectivity index (χ0n) is 14.3. The third kappa shape index (κ3) is 5.52. The molecule has 0 aliphatic carbocycles. The van der Waals surface area contributed by atoms with Gasteiger partial charge in [-0.05, 0) is 30.5 Å². The number of hydrogen-bond acceptors (Lipinski definition) is 3. The van der Waals surface area contributed by atoms with Gasteiger partial charge in [0.15, 0.2) is 0 Å². The van der Waals surface area contributed by atoms with Crippen LogP contribution in [-0.4, -0.2) is 25.0 Å². The topological polar surface area (TPSA) is 58.4 Å². The van der Waals surface area contributed by atoms with Crippen molar-refractivity contribution in [3.63, 3.8) is 0 Å². The number of piperidine rings is 1. The first-order valence-electron chi connectivity index (χ1n) is 8.25. The number of rotatable bonds is 4. The molecule has 0 spiro atoms. The quantitative estimate of drug-likeness (QED) is 0.793. The molecule has 26 heavy (non-hydrogen) atoms. The van der Waals surface area contributed by atoms with E-state index >= 15 is 0 Å². The van der Waals surface area contributed by atoms with Crippen LogP contribution < -0.4 is 16.0 Å². The maximum Gasteiger partial charge on any atom is 0.241 e. The monoisotopic (exact) mass is 415 g/mol. The van der Waals surface area contributed by atoms with Gasteiger partial charge in [-0.1, -0.05) is 54.1 Å². The van der Waals surface area contributed by atoms with E-state index in [1.54, 1.807) is 0 Å². The minimum absolute atomic E-state index is 0. The van der Waals surface area contributed by atoms with Gasteiger partial charge in [0.2, 0.25) is 5.91 Å². The Hall–Kier alpha value is -1.46. The molecule has 1 aliphatic rings. The second-order valence-electron chi connectivity index (χ2n) is 6.13. The van der Waals surface area contributed by atoms with Gasteiger partial charge in [0.05, 0.1) is 10.7 Å². The lowest BCUT2D eigenvalue weighted by atomic mass is 10.0. The Bertz CT molecular complexity index is 699. The molecule has 3 N–H and O–H groups in total. The Morgan fingerprint density at radius 1 is 1.12 bits per heavy atom. The van der Waals surface area contributed by atoms with E-state index in [0.717, 1.165) is 42.2 Å². The smallest absolute Gasteiger partial charge is 0.241 e. The molecule has 1 amide bonds. The number of para-hydroxylation sites is 1. The van der Waals surface area contributed by atoms with Crippen LogP contribution in [-0.2, 0) is 4.79 Å². The molecule has 1 aliphatic heterocycles. The van der Waals surface area contributed by atoms with Crippen molar-refractivity contribution in [2.45, 2.75) is 24.9 Å². The lowest BCUT2D eigenvalue weighted by molar-refractivity contribution is -0.123. The predicted molar refractivity (Wildman–Crippen MR) is 113 cm³/mol. The first kappa shape index (κ1) is 22.6. The number of halogens is 3. The third-order valence-corrected chi connectivity index (χ3v) is 4.72. The zero-order chi connectivity index (χ0) is 16.9. The molecule has 4 nitrogen and oxygen atoms in total. The van der Waals surface area contributed by atoms with Gasteiger partial charge in [-0.2, -0.15) is 0 Å². The largest absolute Gasteiger partial charge is 0.368 e. The van der Waals surface area contributed by atoms with Gasteiger partial charge in [0.1, 0.15) is 6.04 Å². The molecule has 1 saturated heterocycles. The number of anilines is 1. The molecule has 0 saturated carbocycles. The van der Waals surface area contributed by atoms with Crippen LogP contribution in [0.25, 0.3) is 0 Å². The van der Waals surface area contributed by atoms with E-state index in [2.05, 4.69) is 10.2 Å². The molecule has 2 aromatic carbocycles. The van der Waals surface area contributed by atoms with Gasteiger partial charge in [-0.3, -0.25) is 4.79 Å². The van der Waals surface area contributed by atoms with Gasteiger partial charge in [-0.25, -0.2) is 0 Å². The molecule has 142 valence electrons. The first-order chi connectivity index (χ1) is 11.6. The van der Waals surface area contributed by atoms with E-state index < -0.39 is 6.04 Å². The Labute approximate surface area is 171 Å². The van der Waals surface area contributed by atoms with Gasteiger partial charge < -0.3 is 16.0 Å². The highest BCUT2D eigenvalue weighted by atomic mass is 35.5. The van der Waals surface area contributed by atoms with Crippen LogP contribution in [0.3, 0.4) is 0 Å². The highest BCUT2D eigenvalue weighted by Crippen LogP contribution is 2.27. The van der Waals surface area contributed by atoms with Crippen molar-refractivity contribution in [3.8, 4) is 0 Å². The molecule has 0 radical (unpaired) electrons. The van der Waals surface area contributed by atoms with Crippen molar-refractivity contribution in [2.24, 2.45) is 5.73 Å². The van der Waals surface area contributed by atoms with Crippen LogP contribution in [0.1, 0.15) is 24.4 Å². The number of benzene rings is 2.